The van der Waals surface area contributed by atoms with Gasteiger partial charge >= 0.3 is 12.6 Å². The second-order valence-corrected chi connectivity index (χ2v) is 5.39. The highest BCUT2D eigenvalue weighted by atomic mass is 19.3. The summed E-state index contributed by atoms with van der Waals surface area (Å²) in [5, 5.41) is 0.408. The lowest BCUT2D eigenvalue weighted by molar-refractivity contribution is -0.0506. The fourth-order valence-electron chi connectivity index (χ4n) is 2.41. The highest BCUT2D eigenvalue weighted by molar-refractivity contribution is 5.92. The second kappa shape index (κ2) is 7.30. The Morgan fingerprint density at radius 1 is 1.12 bits per heavy atom. The van der Waals surface area contributed by atoms with Gasteiger partial charge in [0.25, 0.3) is 5.56 Å². The molecule has 2 aromatic carbocycles. The highest BCUT2D eigenvalue weighted by Crippen LogP contribution is 2.24. The van der Waals surface area contributed by atoms with Crippen LogP contribution in [0.25, 0.3) is 10.9 Å². The number of para-hydroxylation sites is 2. The van der Waals surface area contributed by atoms with Crippen LogP contribution in [-0.4, -0.2) is 22.5 Å². The Kier molecular flexibility index (Phi) is 4.92. The molecular formula is C18H14F2N2O4. The average Bonchev–Trinajstić information content (AvgIpc) is 2.61. The van der Waals surface area contributed by atoms with Crippen molar-refractivity contribution in [1.82, 2.24) is 9.97 Å². The Labute approximate surface area is 146 Å². The van der Waals surface area contributed by atoms with Crippen LogP contribution in [0.15, 0.2) is 53.3 Å². The van der Waals surface area contributed by atoms with Gasteiger partial charge in [-0.1, -0.05) is 24.3 Å². The number of aromatic nitrogens is 2. The van der Waals surface area contributed by atoms with Crippen LogP contribution in [0.5, 0.6) is 5.75 Å². The molecule has 0 aliphatic carbocycles. The lowest BCUT2D eigenvalue weighted by Gasteiger charge is -2.15. The molecule has 0 spiro atoms. The Balaban J connectivity index is 1.85. The fourth-order valence-corrected chi connectivity index (χ4v) is 2.41. The zero-order chi connectivity index (χ0) is 18.7. The van der Waals surface area contributed by atoms with Crippen LogP contribution in [0, 0.1) is 0 Å². The second-order valence-electron chi connectivity index (χ2n) is 5.39. The third-order valence-electron chi connectivity index (χ3n) is 3.62. The van der Waals surface area contributed by atoms with E-state index in [1.54, 1.807) is 24.3 Å². The van der Waals surface area contributed by atoms with Crippen LogP contribution in [0.4, 0.5) is 8.78 Å². The van der Waals surface area contributed by atoms with E-state index in [0.29, 0.717) is 10.9 Å². The van der Waals surface area contributed by atoms with E-state index in [1.807, 2.05) is 0 Å². The minimum absolute atomic E-state index is 0.148. The highest BCUT2D eigenvalue weighted by Gasteiger charge is 2.21. The molecule has 0 unspecified atom stereocenters. The monoisotopic (exact) mass is 360 g/mol. The number of esters is 1. The third kappa shape index (κ3) is 3.69. The summed E-state index contributed by atoms with van der Waals surface area (Å²) in [5.74, 6) is -1.02. The maximum atomic E-state index is 12.5. The quantitative estimate of drug-likeness (QED) is 0.705. The topological polar surface area (TPSA) is 81.3 Å². The minimum Gasteiger partial charge on any atom is -0.451 e. The summed E-state index contributed by atoms with van der Waals surface area (Å²) in [4.78, 5) is 31.2. The number of ether oxygens (including phenoxy) is 2. The van der Waals surface area contributed by atoms with Crippen LogP contribution in [0.1, 0.15) is 29.2 Å². The molecule has 1 N–H and O–H groups in total. The number of rotatable bonds is 5. The molecule has 0 aliphatic heterocycles. The molecule has 0 saturated carbocycles. The van der Waals surface area contributed by atoms with Gasteiger partial charge in [-0.15, -0.1) is 0 Å². The molecule has 8 heteroatoms. The van der Waals surface area contributed by atoms with Gasteiger partial charge in [0, 0.05) is 0 Å². The van der Waals surface area contributed by atoms with Crippen molar-refractivity contribution in [3.8, 4) is 5.75 Å². The van der Waals surface area contributed by atoms with Crippen molar-refractivity contribution in [2.45, 2.75) is 19.6 Å². The number of nitrogens with one attached hydrogen (secondary N) is 1. The van der Waals surface area contributed by atoms with Gasteiger partial charge in [-0.25, -0.2) is 9.78 Å². The van der Waals surface area contributed by atoms with Gasteiger partial charge in [-0.05, 0) is 31.2 Å². The number of benzene rings is 2. The molecule has 26 heavy (non-hydrogen) atoms. The fraction of sp³-hybridized carbons (Fsp3) is 0.167. The number of hydrogen-bond donors (Lipinski definition) is 1. The van der Waals surface area contributed by atoms with Crippen molar-refractivity contribution in [2.75, 3.05) is 0 Å². The SMILES string of the molecule is C[C@@H](OC(=O)c1ccccc1OC(F)F)c1nc2ccccc2c(=O)[nH]1. The zero-order valence-corrected chi connectivity index (χ0v) is 13.6. The van der Waals surface area contributed by atoms with Gasteiger partial charge in [0.1, 0.15) is 11.3 Å². The predicted octanol–water partition coefficient (Wildman–Crippen LogP) is 3.44. The Morgan fingerprint density at radius 2 is 1.81 bits per heavy atom. The lowest BCUT2D eigenvalue weighted by atomic mass is 10.2. The molecule has 134 valence electrons. The lowest BCUT2D eigenvalue weighted by Crippen LogP contribution is -2.18. The number of alkyl halides is 2. The molecule has 0 amide bonds. The molecule has 0 saturated heterocycles. The number of halogens is 2. The largest absolute Gasteiger partial charge is 0.451 e. The van der Waals surface area contributed by atoms with Crippen LogP contribution in [-0.2, 0) is 4.74 Å². The van der Waals surface area contributed by atoms with Gasteiger partial charge in [0.05, 0.1) is 10.9 Å². The van der Waals surface area contributed by atoms with Crippen molar-refractivity contribution >= 4 is 16.9 Å². The van der Waals surface area contributed by atoms with E-state index in [2.05, 4.69) is 14.7 Å². The summed E-state index contributed by atoms with van der Waals surface area (Å²) in [6, 6.07) is 12.2. The number of carbonyl (C=O) groups excluding carboxylic acids is 1. The van der Waals surface area contributed by atoms with Gasteiger partial charge in [0.15, 0.2) is 11.9 Å². The summed E-state index contributed by atoms with van der Waals surface area (Å²) in [6.45, 7) is -1.55. The van der Waals surface area contributed by atoms with Gasteiger partial charge in [0.2, 0.25) is 0 Å². The number of nitrogens with zero attached hydrogens (tertiary/aromatic N) is 1. The van der Waals surface area contributed by atoms with Crippen LogP contribution in [0.2, 0.25) is 0 Å². The summed E-state index contributed by atoms with van der Waals surface area (Å²) >= 11 is 0. The van der Waals surface area contributed by atoms with Crippen molar-refractivity contribution < 1.29 is 23.0 Å². The number of hydrogen-bond acceptors (Lipinski definition) is 5. The average molecular weight is 360 g/mol. The molecule has 1 aromatic heterocycles. The van der Waals surface area contributed by atoms with Crippen molar-refractivity contribution in [2.24, 2.45) is 0 Å². The van der Waals surface area contributed by atoms with E-state index in [9.17, 15) is 18.4 Å². The smallest absolute Gasteiger partial charge is 0.387 e. The summed E-state index contributed by atoms with van der Waals surface area (Å²) in [7, 11) is 0. The van der Waals surface area contributed by atoms with Crippen LogP contribution in [0.3, 0.4) is 0 Å². The standard InChI is InChI=1S/C18H14F2N2O4/c1-10(15-21-13-8-4-2-6-11(13)16(23)22-15)25-17(24)12-7-3-5-9-14(12)26-18(19)20/h2-10,18H,1H3,(H,21,22,23)/t10-/m1/s1. The predicted molar refractivity (Wildman–Crippen MR) is 89.3 cm³/mol. The summed E-state index contributed by atoms with van der Waals surface area (Å²) in [5.41, 5.74) is -0.0618. The Morgan fingerprint density at radius 3 is 2.58 bits per heavy atom. The van der Waals surface area contributed by atoms with Crippen molar-refractivity contribution in [3.05, 3.63) is 70.3 Å². The normalized spacial score (nSPS) is 12.2. The molecule has 0 radical (unpaired) electrons. The zero-order valence-electron chi connectivity index (χ0n) is 13.6. The number of H-pyrrole nitrogens is 1. The van der Waals surface area contributed by atoms with Gasteiger partial charge in [-0.2, -0.15) is 8.78 Å². The molecule has 3 aromatic rings. The minimum atomic E-state index is -3.07. The summed E-state index contributed by atoms with van der Waals surface area (Å²) in [6.07, 6.45) is -0.903. The van der Waals surface area contributed by atoms with Crippen molar-refractivity contribution in [1.29, 1.82) is 0 Å². The molecule has 1 atom stereocenters. The molecule has 0 fully saturated rings. The maximum absolute atomic E-state index is 12.5. The first-order chi connectivity index (χ1) is 12.5. The van der Waals surface area contributed by atoms with Crippen molar-refractivity contribution in [3.63, 3.8) is 0 Å². The molecule has 6 nitrogen and oxygen atoms in total. The molecular weight excluding hydrogens is 346 g/mol. The van der Waals surface area contributed by atoms with Gasteiger partial charge in [-0.3, -0.25) is 4.79 Å². The first-order valence-electron chi connectivity index (χ1n) is 7.69. The van der Waals surface area contributed by atoms with E-state index in [4.69, 9.17) is 4.74 Å². The maximum Gasteiger partial charge on any atom is 0.387 e. The number of carbonyl (C=O) groups is 1. The van der Waals surface area contributed by atoms with Crippen LogP contribution >= 0.6 is 0 Å². The Hall–Kier alpha value is -3.29. The van der Waals surface area contributed by atoms with E-state index in [1.165, 1.54) is 31.2 Å². The molecule has 3 rings (SSSR count). The molecule has 1 heterocycles. The van der Waals surface area contributed by atoms with E-state index in [0.717, 1.165) is 0 Å². The summed E-state index contributed by atoms with van der Waals surface area (Å²) < 4.78 is 34.5. The first-order valence-corrected chi connectivity index (χ1v) is 7.69. The van der Waals surface area contributed by atoms with E-state index >= 15 is 0 Å². The molecule has 0 bridgehead atoms. The first kappa shape index (κ1) is 17.5. The van der Waals surface area contributed by atoms with E-state index < -0.39 is 18.7 Å². The third-order valence-corrected chi connectivity index (χ3v) is 3.62. The number of aromatic amines is 1. The van der Waals surface area contributed by atoms with Crippen LogP contribution < -0.4 is 10.3 Å². The number of fused-ring (bicyclic) bond motifs is 1. The van der Waals surface area contributed by atoms with Gasteiger partial charge < -0.3 is 14.5 Å². The van der Waals surface area contributed by atoms with E-state index in [-0.39, 0.29) is 22.7 Å². The Bertz CT molecular complexity index is 1000. The molecule has 0 aliphatic rings.